The number of amides is 1. The fraction of sp³-hybridized carbons (Fsp3) is 0.424. The number of aliphatic hydroxyl groups is 1. The van der Waals surface area contributed by atoms with Gasteiger partial charge in [0, 0.05) is 30.1 Å². The molecule has 2 N–H and O–H groups in total. The lowest BCUT2D eigenvalue weighted by Crippen LogP contribution is -2.46. The molecule has 0 spiro atoms. The highest BCUT2D eigenvalue weighted by molar-refractivity contribution is 5.97. The normalized spacial score (nSPS) is 18.6. The van der Waals surface area contributed by atoms with Crippen molar-refractivity contribution in [2.45, 2.75) is 77.5 Å². The Kier molecular flexibility index (Phi) is 8.40. The number of fused-ring (bicyclic) bond motifs is 1. The summed E-state index contributed by atoms with van der Waals surface area (Å²) >= 11 is 0. The van der Waals surface area contributed by atoms with E-state index in [4.69, 9.17) is 5.10 Å². The van der Waals surface area contributed by atoms with Gasteiger partial charge in [-0.15, -0.1) is 0 Å². The number of ketones is 1. The monoisotopic (exact) mass is 558 g/mol. The summed E-state index contributed by atoms with van der Waals surface area (Å²) in [5.41, 5.74) is 4.18. The van der Waals surface area contributed by atoms with Gasteiger partial charge in [-0.1, -0.05) is 50.6 Å². The molecule has 1 aliphatic heterocycles. The summed E-state index contributed by atoms with van der Waals surface area (Å²) in [4.78, 5) is 31.8. The molecule has 0 saturated heterocycles. The summed E-state index contributed by atoms with van der Waals surface area (Å²) in [6.45, 7) is 7.15. The van der Waals surface area contributed by atoms with Crippen LogP contribution in [0.4, 0.5) is 4.39 Å². The van der Waals surface area contributed by atoms with Crippen LogP contribution in [0.3, 0.4) is 0 Å². The van der Waals surface area contributed by atoms with E-state index in [0.717, 1.165) is 48.1 Å². The minimum atomic E-state index is -0.455. The molecule has 3 heterocycles. The third-order valence-corrected chi connectivity index (χ3v) is 8.21. The molecule has 0 saturated carbocycles. The number of rotatable bonds is 10. The molecule has 2 atom stereocenters. The third kappa shape index (κ3) is 6.43. The minimum absolute atomic E-state index is 0.0205. The molecule has 1 aliphatic carbocycles. The van der Waals surface area contributed by atoms with E-state index in [1.54, 1.807) is 42.3 Å². The van der Waals surface area contributed by atoms with E-state index in [0.29, 0.717) is 43.4 Å². The van der Waals surface area contributed by atoms with Gasteiger partial charge in [-0.2, -0.15) is 5.10 Å². The first kappa shape index (κ1) is 28.7. The molecule has 0 bridgehead atoms. The molecule has 3 aromatic rings. The van der Waals surface area contributed by atoms with E-state index >= 15 is 0 Å². The summed E-state index contributed by atoms with van der Waals surface area (Å²) < 4.78 is 15.4. The van der Waals surface area contributed by atoms with E-state index in [1.165, 1.54) is 12.1 Å². The lowest BCUT2D eigenvalue weighted by atomic mass is 9.81. The van der Waals surface area contributed by atoms with Gasteiger partial charge in [0.1, 0.15) is 17.2 Å². The standard InChI is InChI=1S/C33H39FN4O3/c1-22(39)25-10-6-9-23(18-25)8-4-5-12-29(40)30-27-20-37(32(41)28-11-7-17-35-28)21-33(2,3)31(27)38(36-30)19-24-13-15-26(34)16-14-24/h6-7,9-11,13-17,22-23,35,39H,4-5,8,12,18-21H2,1-3H3/t22-,23?/m1/s1. The number of hydrogen-bond acceptors (Lipinski definition) is 4. The summed E-state index contributed by atoms with van der Waals surface area (Å²) in [6.07, 6.45) is 11.3. The van der Waals surface area contributed by atoms with Gasteiger partial charge < -0.3 is 15.0 Å². The largest absolute Gasteiger partial charge is 0.389 e. The summed E-state index contributed by atoms with van der Waals surface area (Å²) in [6, 6.07) is 9.89. The topological polar surface area (TPSA) is 91.2 Å². The quantitative estimate of drug-likeness (QED) is 0.237. The number of Topliss-reactive ketones (excluding diaryl/α,β-unsaturated/α-hetero) is 1. The number of aliphatic hydroxyl groups excluding tert-OH is 1. The van der Waals surface area contributed by atoms with Crippen molar-refractivity contribution in [1.29, 1.82) is 0 Å². The maximum absolute atomic E-state index is 13.6. The number of carbonyl (C=O) groups is 2. The van der Waals surface area contributed by atoms with Crippen LogP contribution >= 0.6 is 0 Å². The van der Waals surface area contributed by atoms with Gasteiger partial charge in [0.25, 0.3) is 5.91 Å². The van der Waals surface area contributed by atoms with E-state index < -0.39 is 11.5 Å². The SMILES string of the molecule is C[C@@H](O)C1=CC=CC(CCCCC(=O)c2nn(Cc3ccc(F)cc3)c3c2CN(C(=O)c2ccc[nH]2)CC3(C)C)C1. The van der Waals surface area contributed by atoms with Crippen LogP contribution in [0.5, 0.6) is 0 Å². The van der Waals surface area contributed by atoms with E-state index in [-0.39, 0.29) is 17.5 Å². The van der Waals surface area contributed by atoms with Crippen LogP contribution in [0.15, 0.2) is 66.4 Å². The van der Waals surface area contributed by atoms with Crippen molar-refractivity contribution in [2.75, 3.05) is 6.54 Å². The zero-order chi connectivity index (χ0) is 29.1. The maximum Gasteiger partial charge on any atom is 0.270 e. The molecule has 1 amide bonds. The molecule has 2 aliphatic rings. The van der Waals surface area contributed by atoms with Gasteiger partial charge in [0.2, 0.25) is 0 Å². The van der Waals surface area contributed by atoms with Crippen LogP contribution in [-0.4, -0.2) is 49.1 Å². The lowest BCUT2D eigenvalue weighted by molar-refractivity contribution is 0.0674. The zero-order valence-electron chi connectivity index (χ0n) is 24.1. The van der Waals surface area contributed by atoms with Crippen LogP contribution < -0.4 is 0 Å². The number of nitrogens with zero attached hydrogens (tertiary/aromatic N) is 3. The molecule has 1 aromatic carbocycles. The zero-order valence-corrected chi connectivity index (χ0v) is 24.1. The second kappa shape index (κ2) is 12.0. The fourth-order valence-corrected chi connectivity index (χ4v) is 6.18. The van der Waals surface area contributed by atoms with Crippen molar-refractivity contribution in [1.82, 2.24) is 19.7 Å². The Morgan fingerprint density at radius 3 is 2.68 bits per heavy atom. The highest BCUT2D eigenvalue weighted by Crippen LogP contribution is 2.37. The number of benzene rings is 1. The smallest absolute Gasteiger partial charge is 0.270 e. The average Bonchev–Trinajstić information content (AvgIpc) is 3.61. The van der Waals surface area contributed by atoms with Gasteiger partial charge in [0.15, 0.2) is 5.78 Å². The molecule has 216 valence electrons. The highest BCUT2D eigenvalue weighted by Gasteiger charge is 2.40. The predicted molar refractivity (Wildman–Crippen MR) is 156 cm³/mol. The molecule has 2 aromatic heterocycles. The van der Waals surface area contributed by atoms with Gasteiger partial charge in [-0.05, 0) is 67.5 Å². The van der Waals surface area contributed by atoms with Crippen LogP contribution in [0.2, 0.25) is 0 Å². The fourth-order valence-electron chi connectivity index (χ4n) is 6.18. The molecule has 8 heteroatoms. The number of carbonyl (C=O) groups excluding carboxylic acids is 2. The third-order valence-electron chi connectivity index (χ3n) is 8.21. The van der Waals surface area contributed by atoms with Crippen LogP contribution in [0, 0.1) is 11.7 Å². The van der Waals surface area contributed by atoms with Crippen molar-refractivity contribution in [3.05, 3.63) is 100 Å². The van der Waals surface area contributed by atoms with Crippen molar-refractivity contribution in [2.24, 2.45) is 5.92 Å². The van der Waals surface area contributed by atoms with Gasteiger partial charge >= 0.3 is 0 Å². The molecule has 1 unspecified atom stereocenters. The summed E-state index contributed by atoms with van der Waals surface area (Å²) in [5, 5.41) is 14.8. The molecule has 5 rings (SSSR count). The second-order valence-electron chi connectivity index (χ2n) is 12.0. The first-order valence-corrected chi connectivity index (χ1v) is 14.5. The van der Waals surface area contributed by atoms with E-state index in [9.17, 15) is 19.1 Å². The molecule has 0 radical (unpaired) electrons. The molecule has 7 nitrogen and oxygen atoms in total. The van der Waals surface area contributed by atoms with Crippen molar-refractivity contribution >= 4 is 11.7 Å². The number of hydrogen-bond donors (Lipinski definition) is 2. The van der Waals surface area contributed by atoms with E-state index in [2.05, 4.69) is 24.9 Å². The lowest BCUT2D eigenvalue weighted by Gasteiger charge is -2.38. The molecular weight excluding hydrogens is 519 g/mol. The van der Waals surface area contributed by atoms with Gasteiger partial charge in [-0.3, -0.25) is 14.3 Å². The predicted octanol–water partition coefficient (Wildman–Crippen LogP) is 5.96. The van der Waals surface area contributed by atoms with Crippen LogP contribution in [0.25, 0.3) is 0 Å². The minimum Gasteiger partial charge on any atom is -0.389 e. The van der Waals surface area contributed by atoms with E-state index in [1.807, 2.05) is 16.8 Å². The van der Waals surface area contributed by atoms with Gasteiger partial charge in [-0.25, -0.2) is 4.39 Å². The number of aromatic amines is 1. The maximum atomic E-state index is 13.6. The Morgan fingerprint density at radius 2 is 1.98 bits per heavy atom. The first-order valence-electron chi connectivity index (χ1n) is 14.5. The Bertz CT molecular complexity index is 1450. The Labute approximate surface area is 240 Å². The van der Waals surface area contributed by atoms with Crippen LogP contribution in [0.1, 0.15) is 90.7 Å². The van der Waals surface area contributed by atoms with Crippen molar-refractivity contribution in [3.63, 3.8) is 0 Å². The van der Waals surface area contributed by atoms with Gasteiger partial charge in [0.05, 0.1) is 24.9 Å². The first-order chi connectivity index (χ1) is 19.6. The second-order valence-corrected chi connectivity index (χ2v) is 12.0. The van der Waals surface area contributed by atoms with Crippen LogP contribution in [-0.2, 0) is 18.5 Å². The Balaban J connectivity index is 1.35. The number of allylic oxidation sites excluding steroid dienone is 3. The number of aromatic nitrogens is 3. The number of H-pyrrole nitrogens is 1. The average molecular weight is 559 g/mol. The van der Waals surface area contributed by atoms with Crippen molar-refractivity contribution < 1.29 is 19.1 Å². The Hall–Kier alpha value is -3.78. The number of unbranched alkanes of at least 4 members (excludes halogenated alkanes) is 1. The highest BCUT2D eigenvalue weighted by atomic mass is 19.1. The van der Waals surface area contributed by atoms with Crippen molar-refractivity contribution in [3.8, 4) is 0 Å². The number of halogens is 1. The molecular formula is C33H39FN4O3. The molecule has 0 fully saturated rings. The summed E-state index contributed by atoms with van der Waals surface area (Å²) in [5.74, 6) is -0.0547. The number of nitrogens with one attached hydrogen (secondary N) is 1. The summed E-state index contributed by atoms with van der Waals surface area (Å²) in [7, 11) is 0. The Morgan fingerprint density at radius 1 is 1.20 bits per heavy atom. The molecule has 41 heavy (non-hydrogen) atoms.